The Morgan fingerprint density at radius 3 is 1.88 bits per heavy atom. The fraction of sp³-hybridized carbons (Fsp3) is 0.0213. The Labute approximate surface area is 289 Å². The van der Waals surface area contributed by atoms with Crippen molar-refractivity contribution in [3.63, 3.8) is 0 Å². The van der Waals surface area contributed by atoms with Crippen molar-refractivity contribution in [1.82, 2.24) is 9.97 Å². The van der Waals surface area contributed by atoms with E-state index in [9.17, 15) is 0 Å². The maximum Gasteiger partial charge on any atom is 0.140 e. The Kier molecular flexibility index (Phi) is 5.59. The SMILES string of the molecule is c1ccc2c(c1)Oc1c(-c3ccc4ccccc4c3-c3ccc4ccc5cccnc5c4n3)cccc1C21c2ccccc2-c2ccccc21. The summed E-state index contributed by atoms with van der Waals surface area (Å²) >= 11 is 0. The van der Waals surface area contributed by atoms with Gasteiger partial charge in [0, 0.05) is 39.2 Å². The van der Waals surface area contributed by atoms with Gasteiger partial charge in [-0.05, 0) is 56.8 Å². The minimum absolute atomic E-state index is 0.532. The van der Waals surface area contributed by atoms with Crippen LogP contribution in [0.25, 0.3) is 66.1 Å². The van der Waals surface area contributed by atoms with Crippen molar-refractivity contribution in [1.29, 1.82) is 0 Å². The van der Waals surface area contributed by atoms with E-state index in [1.165, 1.54) is 22.3 Å². The minimum Gasteiger partial charge on any atom is -0.456 e. The van der Waals surface area contributed by atoms with Gasteiger partial charge < -0.3 is 4.74 Å². The van der Waals surface area contributed by atoms with Crippen LogP contribution in [0, 0.1) is 0 Å². The molecule has 3 nitrogen and oxygen atoms in total. The third-order valence-corrected chi connectivity index (χ3v) is 10.8. The molecule has 1 aliphatic carbocycles. The van der Waals surface area contributed by atoms with Crippen LogP contribution in [0.5, 0.6) is 11.5 Å². The van der Waals surface area contributed by atoms with E-state index in [1.807, 2.05) is 12.3 Å². The summed E-state index contributed by atoms with van der Waals surface area (Å²) in [5, 5.41) is 4.45. The Bertz CT molecular complexity index is 2830. The lowest BCUT2D eigenvalue weighted by atomic mass is 9.65. The molecule has 0 N–H and O–H groups in total. The molecule has 0 saturated heterocycles. The number of nitrogens with zero attached hydrogens (tertiary/aromatic N) is 2. The summed E-state index contributed by atoms with van der Waals surface area (Å²) in [6, 6.07) is 58.7. The first kappa shape index (κ1) is 27.4. The fourth-order valence-corrected chi connectivity index (χ4v) is 8.73. The highest BCUT2D eigenvalue weighted by atomic mass is 16.5. The Morgan fingerprint density at radius 1 is 0.420 bits per heavy atom. The lowest BCUT2D eigenvalue weighted by molar-refractivity contribution is 0.438. The van der Waals surface area contributed by atoms with E-state index in [2.05, 4.69) is 158 Å². The molecule has 232 valence electrons. The van der Waals surface area contributed by atoms with Crippen molar-refractivity contribution >= 4 is 32.6 Å². The number of pyridine rings is 2. The van der Waals surface area contributed by atoms with Gasteiger partial charge in [-0.15, -0.1) is 0 Å². The van der Waals surface area contributed by atoms with Crippen molar-refractivity contribution in [2.45, 2.75) is 5.41 Å². The molecule has 3 heteroatoms. The third-order valence-electron chi connectivity index (χ3n) is 10.8. The predicted octanol–water partition coefficient (Wildman–Crippen LogP) is 11.7. The number of benzene rings is 7. The van der Waals surface area contributed by atoms with E-state index in [-0.39, 0.29) is 0 Å². The molecular formula is C47H28N2O. The van der Waals surface area contributed by atoms with Crippen LogP contribution in [0.3, 0.4) is 0 Å². The number of aromatic nitrogens is 2. The smallest absolute Gasteiger partial charge is 0.140 e. The second-order valence-electron chi connectivity index (χ2n) is 13.2. The molecule has 0 unspecified atom stereocenters. The molecule has 0 atom stereocenters. The van der Waals surface area contributed by atoms with E-state index in [0.29, 0.717) is 0 Å². The van der Waals surface area contributed by atoms with Gasteiger partial charge in [0.05, 0.1) is 22.1 Å². The zero-order chi connectivity index (χ0) is 32.8. The largest absolute Gasteiger partial charge is 0.456 e. The van der Waals surface area contributed by atoms with Crippen LogP contribution in [-0.2, 0) is 5.41 Å². The van der Waals surface area contributed by atoms with Gasteiger partial charge >= 0.3 is 0 Å². The van der Waals surface area contributed by atoms with Crippen LogP contribution in [-0.4, -0.2) is 9.97 Å². The molecule has 50 heavy (non-hydrogen) atoms. The summed E-state index contributed by atoms with van der Waals surface area (Å²) in [5.74, 6) is 1.75. The maximum atomic E-state index is 7.08. The molecule has 1 spiro atoms. The van der Waals surface area contributed by atoms with Gasteiger partial charge in [0.1, 0.15) is 11.5 Å². The molecule has 1 aliphatic heterocycles. The number of fused-ring (bicyclic) bond motifs is 13. The van der Waals surface area contributed by atoms with Crippen LogP contribution in [0.2, 0.25) is 0 Å². The van der Waals surface area contributed by atoms with Crippen LogP contribution < -0.4 is 4.74 Å². The number of hydrogen-bond donors (Lipinski definition) is 0. The van der Waals surface area contributed by atoms with E-state index >= 15 is 0 Å². The highest BCUT2D eigenvalue weighted by molar-refractivity contribution is 6.08. The van der Waals surface area contributed by atoms with Crippen molar-refractivity contribution in [2.75, 3.05) is 0 Å². The first-order chi connectivity index (χ1) is 24.8. The van der Waals surface area contributed by atoms with Crippen molar-refractivity contribution < 1.29 is 4.74 Å². The molecule has 11 rings (SSSR count). The van der Waals surface area contributed by atoms with Crippen LogP contribution in [0.1, 0.15) is 22.3 Å². The normalized spacial score (nSPS) is 13.5. The average Bonchev–Trinajstić information content (AvgIpc) is 3.48. The van der Waals surface area contributed by atoms with E-state index in [1.54, 1.807) is 0 Å². The van der Waals surface area contributed by atoms with Gasteiger partial charge in [-0.2, -0.15) is 0 Å². The molecular weight excluding hydrogens is 609 g/mol. The highest BCUT2D eigenvalue weighted by Gasteiger charge is 2.51. The third kappa shape index (κ3) is 3.58. The van der Waals surface area contributed by atoms with Gasteiger partial charge in [0.15, 0.2) is 0 Å². The molecule has 0 fully saturated rings. The summed E-state index contributed by atoms with van der Waals surface area (Å²) in [6.45, 7) is 0. The van der Waals surface area contributed by atoms with E-state index < -0.39 is 5.41 Å². The highest BCUT2D eigenvalue weighted by Crippen LogP contribution is 2.63. The first-order valence-electron chi connectivity index (χ1n) is 17.1. The topological polar surface area (TPSA) is 35.0 Å². The fourth-order valence-electron chi connectivity index (χ4n) is 8.73. The summed E-state index contributed by atoms with van der Waals surface area (Å²) in [4.78, 5) is 10.1. The van der Waals surface area contributed by atoms with Crippen LogP contribution in [0.4, 0.5) is 0 Å². The lowest BCUT2D eigenvalue weighted by Crippen LogP contribution is -2.32. The molecule has 0 radical (unpaired) electrons. The lowest BCUT2D eigenvalue weighted by Gasteiger charge is -2.40. The predicted molar refractivity (Wildman–Crippen MR) is 203 cm³/mol. The minimum atomic E-state index is -0.532. The van der Waals surface area contributed by atoms with Gasteiger partial charge in [-0.3, -0.25) is 4.98 Å². The van der Waals surface area contributed by atoms with Gasteiger partial charge in [0.25, 0.3) is 0 Å². The zero-order valence-electron chi connectivity index (χ0n) is 27.0. The van der Waals surface area contributed by atoms with Gasteiger partial charge in [0.2, 0.25) is 0 Å². The summed E-state index contributed by atoms with van der Waals surface area (Å²) in [7, 11) is 0. The molecule has 2 aromatic heterocycles. The first-order valence-corrected chi connectivity index (χ1v) is 17.1. The second kappa shape index (κ2) is 10.2. The Hall–Kier alpha value is -6.58. The maximum absolute atomic E-state index is 7.08. The van der Waals surface area contributed by atoms with Crippen molar-refractivity contribution in [3.05, 3.63) is 192 Å². The molecule has 9 aromatic rings. The van der Waals surface area contributed by atoms with Crippen molar-refractivity contribution in [3.8, 4) is 45.0 Å². The van der Waals surface area contributed by atoms with Gasteiger partial charge in [-0.25, -0.2) is 4.98 Å². The zero-order valence-corrected chi connectivity index (χ0v) is 27.0. The number of para-hydroxylation sites is 2. The Morgan fingerprint density at radius 2 is 1.04 bits per heavy atom. The molecule has 2 aliphatic rings. The Balaban J connectivity index is 1.24. The molecule has 7 aromatic carbocycles. The van der Waals surface area contributed by atoms with Gasteiger partial charge in [-0.1, -0.05) is 146 Å². The summed E-state index contributed by atoms with van der Waals surface area (Å²) in [5.41, 5.74) is 12.8. The second-order valence-corrected chi connectivity index (χ2v) is 13.2. The molecule has 3 heterocycles. The molecule has 0 amide bonds. The standard InChI is InChI=1S/C47H28N2O/c1-2-13-32-29(11-1)24-26-35(43(32)41-27-25-31-23-22-30-12-10-28-48-44(30)45(31)49-41)36-16-9-20-40-46(36)50-42-21-8-7-19-39(42)47(40)37-17-5-3-14-33(37)34-15-4-6-18-38(34)47/h1-28H. The number of rotatable bonds is 2. The van der Waals surface area contributed by atoms with Crippen molar-refractivity contribution in [2.24, 2.45) is 0 Å². The average molecular weight is 637 g/mol. The summed E-state index contributed by atoms with van der Waals surface area (Å²) in [6.07, 6.45) is 1.85. The quantitative estimate of drug-likeness (QED) is 0.177. The van der Waals surface area contributed by atoms with E-state index in [0.717, 1.165) is 77.6 Å². The summed E-state index contributed by atoms with van der Waals surface area (Å²) < 4.78 is 7.08. The van der Waals surface area contributed by atoms with Crippen LogP contribution in [0.15, 0.2) is 170 Å². The molecule has 0 bridgehead atoms. The van der Waals surface area contributed by atoms with Crippen LogP contribution >= 0.6 is 0 Å². The number of hydrogen-bond acceptors (Lipinski definition) is 3. The number of ether oxygens (including phenoxy) is 1. The monoisotopic (exact) mass is 636 g/mol. The molecule has 0 saturated carbocycles. The van der Waals surface area contributed by atoms with E-state index in [4.69, 9.17) is 14.7 Å².